The third kappa shape index (κ3) is 4.64. The summed E-state index contributed by atoms with van der Waals surface area (Å²) in [6.45, 7) is 3.13. The third-order valence-corrected chi connectivity index (χ3v) is 6.26. The summed E-state index contributed by atoms with van der Waals surface area (Å²) in [5, 5.41) is 6.29. The Morgan fingerprint density at radius 2 is 1.85 bits per heavy atom. The van der Waals surface area contributed by atoms with Crippen LogP contribution < -0.4 is 10.6 Å². The maximum Gasteiger partial charge on any atom is 0.320 e. The van der Waals surface area contributed by atoms with E-state index in [9.17, 15) is 4.79 Å². The summed E-state index contributed by atoms with van der Waals surface area (Å²) in [7, 11) is 1.71. The number of urea groups is 1. The van der Waals surface area contributed by atoms with Crippen molar-refractivity contribution in [1.82, 2.24) is 24.6 Å². The minimum atomic E-state index is -0.254. The van der Waals surface area contributed by atoms with Crippen LogP contribution in [-0.2, 0) is 4.74 Å². The highest BCUT2D eigenvalue weighted by Gasteiger charge is 2.34. The van der Waals surface area contributed by atoms with Crippen molar-refractivity contribution in [2.75, 3.05) is 38.7 Å². The molecule has 1 aliphatic heterocycles. The van der Waals surface area contributed by atoms with Gasteiger partial charge in [0.15, 0.2) is 5.65 Å². The summed E-state index contributed by atoms with van der Waals surface area (Å²) in [6, 6.07) is 19.9. The lowest BCUT2D eigenvalue weighted by Gasteiger charge is -2.20. The molecule has 0 spiro atoms. The second-order valence-electron chi connectivity index (χ2n) is 8.45. The first kappa shape index (κ1) is 22.1. The molecule has 2 atom stereocenters. The summed E-state index contributed by atoms with van der Waals surface area (Å²) < 4.78 is 7.12. The molecular formula is C26H28N6O2. The van der Waals surface area contributed by atoms with Crippen molar-refractivity contribution >= 4 is 17.5 Å². The molecule has 2 aromatic carbocycles. The van der Waals surface area contributed by atoms with Gasteiger partial charge in [-0.15, -0.1) is 0 Å². The van der Waals surface area contributed by atoms with E-state index in [1.165, 1.54) is 5.56 Å². The van der Waals surface area contributed by atoms with Gasteiger partial charge in [-0.2, -0.15) is 0 Å². The fraction of sp³-hybridized carbons (Fsp3) is 0.269. The normalized spacial score (nSPS) is 18.3. The summed E-state index contributed by atoms with van der Waals surface area (Å²) >= 11 is 0. The minimum Gasteiger partial charge on any atom is -0.383 e. The largest absolute Gasteiger partial charge is 0.383 e. The van der Waals surface area contributed by atoms with Crippen molar-refractivity contribution in [2.24, 2.45) is 0 Å². The zero-order chi connectivity index (χ0) is 23.3. The molecule has 0 saturated carbocycles. The number of likely N-dealkylation sites (tertiary alicyclic amines) is 1. The number of nitrogens with one attached hydrogen (secondary N) is 2. The Labute approximate surface area is 198 Å². The predicted molar refractivity (Wildman–Crippen MR) is 132 cm³/mol. The van der Waals surface area contributed by atoms with E-state index in [0.717, 1.165) is 25.2 Å². The number of amides is 2. The Bertz CT molecular complexity index is 1240. The predicted octanol–water partition coefficient (Wildman–Crippen LogP) is 3.63. The van der Waals surface area contributed by atoms with Crippen molar-refractivity contribution in [1.29, 1.82) is 0 Å². The quantitative estimate of drug-likeness (QED) is 0.444. The number of hydrogen-bond acceptors (Lipinski definition) is 5. The number of nitrogens with zero attached hydrogens (tertiary/aromatic N) is 4. The highest BCUT2D eigenvalue weighted by atomic mass is 16.5. The lowest BCUT2D eigenvalue weighted by Crippen LogP contribution is -2.42. The average molecular weight is 457 g/mol. The van der Waals surface area contributed by atoms with E-state index >= 15 is 0 Å². The van der Waals surface area contributed by atoms with Gasteiger partial charge in [0, 0.05) is 50.6 Å². The highest BCUT2D eigenvalue weighted by molar-refractivity contribution is 5.93. The summed E-state index contributed by atoms with van der Waals surface area (Å²) in [5.74, 6) is 0.815. The maximum absolute atomic E-state index is 13.3. The number of benzene rings is 2. The molecule has 0 radical (unpaired) electrons. The zero-order valence-corrected chi connectivity index (χ0v) is 19.1. The standard InChI is InChI=1S/C26H28N6O2/c1-34-15-14-31-17-21(19-8-4-2-5-9-19)22(18-31)28-26(33)30-25-24(20-10-6-3-7-11-20)29-23-16-27-12-13-32(23)25/h2-13,16,21-22H,14-15,17-18H2,1H3,(H2,28,30,33)/t21-,22+/m1/s1. The number of fused-ring (bicyclic) bond motifs is 1. The molecule has 1 saturated heterocycles. The molecule has 1 aliphatic rings. The summed E-state index contributed by atoms with van der Waals surface area (Å²) in [4.78, 5) is 24.5. The van der Waals surface area contributed by atoms with Gasteiger partial charge in [-0.3, -0.25) is 19.6 Å². The number of anilines is 1. The van der Waals surface area contributed by atoms with Gasteiger partial charge >= 0.3 is 6.03 Å². The third-order valence-electron chi connectivity index (χ3n) is 6.26. The van der Waals surface area contributed by atoms with Crippen molar-refractivity contribution in [2.45, 2.75) is 12.0 Å². The molecule has 34 heavy (non-hydrogen) atoms. The molecule has 0 bridgehead atoms. The second-order valence-corrected chi connectivity index (χ2v) is 8.45. The number of ether oxygens (including phenoxy) is 1. The number of carbonyl (C=O) groups excluding carboxylic acids is 1. The summed E-state index contributed by atoms with van der Waals surface area (Å²) in [5.41, 5.74) is 3.52. The van der Waals surface area contributed by atoms with Crippen LogP contribution in [0.15, 0.2) is 79.3 Å². The second kappa shape index (κ2) is 10.0. The van der Waals surface area contributed by atoms with Crippen LogP contribution in [0.5, 0.6) is 0 Å². The fourth-order valence-electron chi connectivity index (χ4n) is 4.61. The number of carbonyl (C=O) groups is 1. The van der Waals surface area contributed by atoms with Crippen molar-refractivity contribution in [3.8, 4) is 11.3 Å². The molecule has 2 aromatic heterocycles. The van der Waals surface area contributed by atoms with Crippen LogP contribution in [0.2, 0.25) is 0 Å². The molecule has 174 valence electrons. The first-order valence-corrected chi connectivity index (χ1v) is 11.4. The van der Waals surface area contributed by atoms with Gasteiger partial charge in [0.25, 0.3) is 0 Å². The van der Waals surface area contributed by atoms with Gasteiger partial charge in [0.05, 0.1) is 18.8 Å². The van der Waals surface area contributed by atoms with E-state index < -0.39 is 0 Å². The van der Waals surface area contributed by atoms with E-state index in [0.29, 0.717) is 23.8 Å². The molecule has 2 N–H and O–H groups in total. The molecular weight excluding hydrogens is 428 g/mol. The fourth-order valence-corrected chi connectivity index (χ4v) is 4.61. The Kier molecular flexibility index (Phi) is 6.51. The molecule has 8 nitrogen and oxygen atoms in total. The smallest absolute Gasteiger partial charge is 0.320 e. The van der Waals surface area contributed by atoms with Gasteiger partial charge in [0.2, 0.25) is 0 Å². The van der Waals surface area contributed by atoms with Crippen LogP contribution >= 0.6 is 0 Å². The summed E-state index contributed by atoms with van der Waals surface area (Å²) in [6.07, 6.45) is 5.17. The van der Waals surface area contributed by atoms with Crippen LogP contribution in [0.4, 0.5) is 10.6 Å². The molecule has 4 aromatic rings. The van der Waals surface area contributed by atoms with Gasteiger partial charge in [-0.05, 0) is 5.56 Å². The van der Waals surface area contributed by atoms with Gasteiger partial charge in [-0.25, -0.2) is 9.78 Å². The van der Waals surface area contributed by atoms with E-state index in [4.69, 9.17) is 9.72 Å². The lowest BCUT2D eigenvalue weighted by atomic mass is 9.94. The van der Waals surface area contributed by atoms with E-state index in [1.807, 2.05) is 52.9 Å². The van der Waals surface area contributed by atoms with Gasteiger partial charge in [-0.1, -0.05) is 60.7 Å². The van der Waals surface area contributed by atoms with Crippen LogP contribution in [0.1, 0.15) is 11.5 Å². The van der Waals surface area contributed by atoms with Crippen LogP contribution in [0.25, 0.3) is 16.9 Å². The molecule has 5 rings (SSSR count). The molecule has 8 heteroatoms. The van der Waals surface area contributed by atoms with Crippen LogP contribution in [0, 0.1) is 0 Å². The van der Waals surface area contributed by atoms with Crippen LogP contribution in [-0.4, -0.2) is 64.7 Å². The number of hydrogen-bond donors (Lipinski definition) is 2. The van der Waals surface area contributed by atoms with Crippen molar-refractivity contribution < 1.29 is 9.53 Å². The zero-order valence-electron chi connectivity index (χ0n) is 19.1. The molecule has 0 aliphatic carbocycles. The van der Waals surface area contributed by atoms with Gasteiger partial charge < -0.3 is 10.1 Å². The molecule has 1 fully saturated rings. The lowest BCUT2D eigenvalue weighted by molar-refractivity contribution is 0.159. The van der Waals surface area contributed by atoms with Crippen molar-refractivity contribution in [3.63, 3.8) is 0 Å². The number of imidazole rings is 1. The van der Waals surface area contributed by atoms with Gasteiger partial charge in [0.1, 0.15) is 11.5 Å². The van der Waals surface area contributed by atoms with E-state index in [-0.39, 0.29) is 18.0 Å². The Morgan fingerprint density at radius 1 is 1.09 bits per heavy atom. The Hall–Kier alpha value is -3.75. The van der Waals surface area contributed by atoms with E-state index in [1.54, 1.807) is 25.7 Å². The number of aromatic nitrogens is 3. The number of rotatable bonds is 7. The first-order valence-electron chi connectivity index (χ1n) is 11.4. The SMILES string of the molecule is COCCN1C[C@H](NC(=O)Nc2c(-c3ccccc3)nc3cnccn23)[C@@H](c2ccccc2)C1. The molecule has 0 unspecified atom stereocenters. The monoisotopic (exact) mass is 456 g/mol. The van der Waals surface area contributed by atoms with Crippen molar-refractivity contribution in [3.05, 3.63) is 84.8 Å². The molecule has 3 heterocycles. The van der Waals surface area contributed by atoms with E-state index in [2.05, 4.69) is 32.7 Å². The van der Waals surface area contributed by atoms with Crippen LogP contribution in [0.3, 0.4) is 0 Å². The first-order chi connectivity index (χ1) is 16.7. The molecule has 2 amide bonds. The maximum atomic E-state index is 13.3. The minimum absolute atomic E-state index is 0.0275. The number of methoxy groups -OCH3 is 1. The Morgan fingerprint density at radius 3 is 2.62 bits per heavy atom. The topological polar surface area (TPSA) is 83.8 Å². The average Bonchev–Trinajstić information content (AvgIpc) is 3.45. The Balaban J connectivity index is 1.39. The highest BCUT2D eigenvalue weighted by Crippen LogP contribution is 2.30.